The van der Waals surface area contributed by atoms with Gasteiger partial charge in [0.2, 0.25) is 0 Å². The predicted molar refractivity (Wildman–Crippen MR) is 101 cm³/mol. The Morgan fingerprint density at radius 3 is 1.56 bits per heavy atom. The van der Waals surface area contributed by atoms with Gasteiger partial charge in [-0.05, 0) is 27.5 Å². The zero-order chi connectivity index (χ0) is 20.1. The third-order valence-electron chi connectivity index (χ3n) is 3.72. The molecule has 0 bridgehead atoms. The fourth-order valence-electron chi connectivity index (χ4n) is 2.36. The van der Waals surface area contributed by atoms with Gasteiger partial charge in [0.1, 0.15) is 5.75 Å². The Kier molecular flexibility index (Phi) is 8.96. The highest BCUT2D eigenvalue weighted by Crippen LogP contribution is 2.51. The summed E-state index contributed by atoms with van der Waals surface area (Å²) in [4.78, 5) is 6.99. The first-order valence-corrected chi connectivity index (χ1v) is 10.3. The molecule has 0 heterocycles. The summed E-state index contributed by atoms with van der Waals surface area (Å²) in [5, 5.41) is 10.7. The Hall–Kier alpha value is -0.770. The van der Waals surface area contributed by atoms with Crippen LogP contribution < -0.4 is 0 Å². The second-order valence-corrected chi connectivity index (χ2v) is 10.2. The molecule has 0 saturated carbocycles. The molecule has 8 heteroatoms. The summed E-state index contributed by atoms with van der Waals surface area (Å²) in [5.74, 6) is 0.313. The van der Waals surface area contributed by atoms with Crippen LogP contribution in [0.5, 0.6) is 5.75 Å². The summed E-state index contributed by atoms with van der Waals surface area (Å²) >= 11 is 0. The summed E-state index contributed by atoms with van der Waals surface area (Å²) in [6.45, 7) is 12.3. The molecule has 0 radical (unpaired) electrons. The number of hydrogen-bond acceptors (Lipinski definition) is 5. The lowest BCUT2D eigenvalue weighted by Gasteiger charge is -2.28. The third-order valence-corrected chi connectivity index (χ3v) is 5.58. The Balaban J connectivity index is 0.00000178. The van der Waals surface area contributed by atoms with Crippen molar-refractivity contribution in [2.45, 2.75) is 58.5 Å². The number of phenolic OH excluding ortho intramolecular Hbond substituents is 1. The maximum atomic E-state index is 12.4. The van der Waals surface area contributed by atoms with Gasteiger partial charge in [-0.3, -0.25) is 4.57 Å². The first kappa shape index (κ1) is 24.2. The molecule has 144 valence electrons. The van der Waals surface area contributed by atoms with Gasteiger partial charge in [0.05, 0.1) is 6.16 Å². The van der Waals surface area contributed by atoms with Crippen LogP contribution in [0.25, 0.3) is 0 Å². The van der Waals surface area contributed by atoms with Gasteiger partial charge in [0.15, 0.2) is 0 Å². The molecule has 0 aliphatic carbocycles. The molecule has 0 aromatic heterocycles. The minimum Gasteiger partial charge on any atom is -0.507 e. The monoisotopic (exact) mass is 392 g/mol. The van der Waals surface area contributed by atoms with Crippen LogP contribution in [0.4, 0.5) is 0 Å². The molecule has 6 nitrogen and oxygen atoms in total. The van der Waals surface area contributed by atoms with E-state index in [1.54, 1.807) is 0 Å². The zero-order valence-electron chi connectivity index (χ0n) is 16.3. The fraction of sp³-hybridized carbons (Fsp3) is 0.647. The van der Waals surface area contributed by atoms with Crippen LogP contribution in [0.15, 0.2) is 12.1 Å². The maximum Gasteiger partial charge on any atom is 0.334 e. The van der Waals surface area contributed by atoms with Crippen LogP contribution in [0.1, 0.15) is 58.2 Å². The summed E-state index contributed by atoms with van der Waals surface area (Å²) in [6.07, 6.45) is 0.187. The van der Waals surface area contributed by atoms with Crippen LogP contribution in [0, 0.1) is 0 Å². The van der Waals surface area contributed by atoms with Crippen LogP contribution in [0.3, 0.4) is 0 Å². The maximum absolute atomic E-state index is 12.4. The highest BCUT2D eigenvalue weighted by Gasteiger charge is 2.29. The van der Waals surface area contributed by atoms with Crippen molar-refractivity contribution in [2.75, 3.05) is 14.2 Å². The zero-order valence-corrected chi connectivity index (χ0v) is 18.1. The molecule has 0 saturated heterocycles. The lowest BCUT2D eigenvalue weighted by atomic mass is 9.78. The summed E-state index contributed by atoms with van der Waals surface area (Å²) in [5.41, 5.74) is 2.09. The molecule has 0 aliphatic heterocycles. The third kappa shape index (κ3) is 7.16. The normalized spacial score (nSPS) is 12.7. The van der Waals surface area contributed by atoms with Gasteiger partial charge in [-0.15, -0.1) is 0 Å². The van der Waals surface area contributed by atoms with Gasteiger partial charge in [-0.25, -0.2) is 4.57 Å². The minimum atomic E-state index is -3.14. The van der Waals surface area contributed by atoms with E-state index >= 15 is 0 Å². The average molecular weight is 392 g/mol. The minimum absolute atomic E-state index is 0.187. The van der Waals surface area contributed by atoms with E-state index in [9.17, 15) is 9.67 Å². The lowest BCUT2D eigenvalue weighted by molar-refractivity contribution is 0.274. The number of benzene rings is 1. The molecule has 25 heavy (non-hydrogen) atoms. The smallest absolute Gasteiger partial charge is 0.334 e. The second kappa shape index (κ2) is 9.25. The van der Waals surface area contributed by atoms with Crippen molar-refractivity contribution < 1.29 is 28.2 Å². The Morgan fingerprint density at radius 1 is 1.00 bits per heavy atom. The first-order valence-electron chi connectivity index (χ1n) is 7.79. The molecule has 1 aromatic carbocycles. The van der Waals surface area contributed by atoms with Crippen molar-refractivity contribution in [3.8, 4) is 5.75 Å². The summed E-state index contributed by atoms with van der Waals surface area (Å²) in [7, 11) is -1.20. The second-order valence-electron chi connectivity index (χ2n) is 7.76. The fourth-order valence-corrected chi connectivity index (χ4v) is 3.39. The van der Waals surface area contributed by atoms with Crippen LogP contribution in [0.2, 0.25) is 0 Å². The van der Waals surface area contributed by atoms with Gasteiger partial charge in [0, 0.05) is 14.2 Å². The summed E-state index contributed by atoms with van der Waals surface area (Å²) in [6, 6.07) is 3.80. The van der Waals surface area contributed by atoms with E-state index in [0.29, 0.717) is 5.75 Å². The molecule has 0 aliphatic rings. The number of hydrogen-bond donors (Lipinski definition) is 2. The number of phenols is 1. The molecule has 0 atom stereocenters. The molecular weight excluding hydrogens is 362 g/mol. The Bertz CT molecular complexity index is 586. The topological polar surface area (TPSA) is 93.1 Å². The SMILES string of the molecule is COP(=O)(Cc1cc(C(C)(C)C)c(O)c(C(C)(C)C)c1)OC.O=PO. The standard InChI is InChI=1S/C17H29O4P.HO2P/c1-16(2,3)13-9-12(11-22(19,20-7)21-8)10-14(15(13)18)17(4,5)6;1-3-2/h9-10,18H,11H2,1-8H3;(H,1,2). The van der Waals surface area contributed by atoms with E-state index in [-0.39, 0.29) is 17.0 Å². The van der Waals surface area contributed by atoms with E-state index in [1.165, 1.54) is 14.2 Å². The van der Waals surface area contributed by atoms with Crippen LogP contribution in [-0.2, 0) is 35.2 Å². The molecule has 1 rings (SSSR count). The highest BCUT2D eigenvalue weighted by molar-refractivity contribution is 7.52. The molecule has 0 unspecified atom stereocenters. The summed E-state index contributed by atoms with van der Waals surface area (Å²) < 4.78 is 31.0. The van der Waals surface area contributed by atoms with Crippen molar-refractivity contribution in [1.82, 2.24) is 0 Å². The van der Waals surface area contributed by atoms with Gasteiger partial charge < -0.3 is 19.0 Å². The molecule has 0 spiro atoms. The van der Waals surface area contributed by atoms with E-state index in [1.807, 2.05) is 53.7 Å². The van der Waals surface area contributed by atoms with E-state index in [0.717, 1.165) is 16.7 Å². The molecule has 0 fully saturated rings. The first-order chi connectivity index (χ1) is 11.3. The van der Waals surface area contributed by atoms with Crippen LogP contribution >= 0.6 is 16.3 Å². The predicted octanol–water partition coefficient (Wildman–Crippen LogP) is 5.16. The number of aromatic hydroxyl groups is 1. The van der Waals surface area contributed by atoms with Gasteiger partial charge in [-0.1, -0.05) is 53.7 Å². The van der Waals surface area contributed by atoms with Crippen molar-refractivity contribution in [3.05, 3.63) is 28.8 Å². The number of rotatable bonds is 4. The van der Waals surface area contributed by atoms with Gasteiger partial charge in [0.25, 0.3) is 0 Å². The largest absolute Gasteiger partial charge is 0.507 e. The Morgan fingerprint density at radius 2 is 1.32 bits per heavy atom. The quantitative estimate of drug-likeness (QED) is 0.688. The van der Waals surface area contributed by atoms with Gasteiger partial charge in [-0.2, -0.15) is 0 Å². The Labute approximate surface area is 152 Å². The van der Waals surface area contributed by atoms with Crippen molar-refractivity contribution >= 4 is 16.3 Å². The van der Waals surface area contributed by atoms with E-state index in [2.05, 4.69) is 0 Å². The molecular formula is C17H30O6P2. The van der Waals surface area contributed by atoms with Crippen molar-refractivity contribution in [2.24, 2.45) is 0 Å². The van der Waals surface area contributed by atoms with E-state index < -0.39 is 16.3 Å². The van der Waals surface area contributed by atoms with Gasteiger partial charge >= 0.3 is 16.3 Å². The molecule has 0 amide bonds. The van der Waals surface area contributed by atoms with Crippen molar-refractivity contribution in [3.63, 3.8) is 0 Å². The molecule has 1 aromatic rings. The average Bonchev–Trinajstić information content (AvgIpc) is 2.47. The van der Waals surface area contributed by atoms with Crippen LogP contribution in [-0.4, -0.2) is 24.2 Å². The van der Waals surface area contributed by atoms with E-state index in [4.69, 9.17) is 18.5 Å². The lowest BCUT2D eigenvalue weighted by Crippen LogP contribution is -2.18. The molecule has 2 N–H and O–H groups in total. The highest BCUT2D eigenvalue weighted by atomic mass is 31.2. The van der Waals surface area contributed by atoms with Crippen molar-refractivity contribution in [1.29, 1.82) is 0 Å².